The molecule has 110 valence electrons. The van der Waals surface area contributed by atoms with Crippen LogP contribution in [0.5, 0.6) is 0 Å². The molecule has 0 aromatic heterocycles. The Hall–Kier alpha value is -0.610. The molecule has 2 N–H and O–H groups in total. The Morgan fingerprint density at radius 2 is 1.84 bits per heavy atom. The summed E-state index contributed by atoms with van der Waals surface area (Å²) >= 11 is 0. The summed E-state index contributed by atoms with van der Waals surface area (Å²) in [5.41, 5.74) is 0. The third-order valence-electron chi connectivity index (χ3n) is 4.70. The van der Waals surface area contributed by atoms with Gasteiger partial charge in [-0.1, -0.05) is 0 Å². The zero-order valence-corrected chi connectivity index (χ0v) is 12.5. The van der Waals surface area contributed by atoms with Crippen LogP contribution in [0.2, 0.25) is 0 Å². The molecule has 0 radical (unpaired) electrons. The van der Waals surface area contributed by atoms with Gasteiger partial charge in [-0.25, -0.2) is 0 Å². The maximum Gasteiger partial charge on any atom is 0.220 e. The summed E-state index contributed by atoms with van der Waals surface area (Å²) in [6.07, 6.45) is 7.80. The highest BCUT2D eigenvalue weighted by Gasteiger charge is 2.24. The van der Waals surface area contributed by atoms with E-state index in [1.165, 1.54) is 32.2 Å². The van der Waals surface area contributed by atoms with E-state index >= 15 is 0 Å². The molecule has 1 aliphatic carbocycles. The molecule has 0 bridgehead atoms. The summed E-state index contributed by atoms with van der Waals surface area (Å²) in [4.78, 5) is 14.4. The molecular formula is C15H29N3O. The van der Waals surface area contributed by atoms with Crippen LogP contribution >= 0.6 is 0 Å². The lowest BCUT2D eigenvalue weighted by Gasteiger charge is -2.31. The highest BCUT2D eigenvalue weighted by Crippen LogP contribution is 2.21. The van der Waals surface area contributed by atoms with Gasteiger partial charge in [0.2, 0.25) is 5.91 Å². The van der Waals surface area contributed by atoms with Gasteiger partial charge in [-0.15, -0.1) is 0 Å². The van der Waals surface area contributed by atoms with Crippen molar-refractivity contribution in [3.05, 3.63) is 0 Å². The highest BCUT2D eigenvalue weighted by molar-refractivity contribution is 5.76. The average Bonchev–Trinajstić information content (AvgIpc) is 2.39. The molecule has 2 rings (SSSR count). The Labute approximate surface area is 117 Å². The Morgan fingerprint density at radius 1 is 1.16 bits per heavy atom. The van der Waals surface area contributed by atoms with Gasteiger partial charge in [-0.05, 0) is 65.1 Å². The fourth-order valence-corrected chi connectivity index (χ4v) is 3.52. The molecule has 1 saturated heterocycles. The van der Waals surface area contributed by atoms with Crippen molar-refractivity contribution >= 4 is 5.91 Å². The highest BCUT2D eigenvalue weighted by atomic mass is 16.1. The van der Waals surface area contributed by atoms with E-state index in [-0.39, 0.29) is 5.91 Å². The quantitative estimate of drug-likeness (QED) is 0.808. The van der Waals surface area contributed by atoms with E-state index < -0.39 is 0 Å². The van der Waals surface area contributed by atoms with Crippen molar-refractivity contribution < 1.29 is 4.79 Å². The molecular weight excluding hydrogens is 238 g/mol. The SMILES string of the molecule is CNC1CCC(NC(=O)CC2CCCN(C)C2)CC1. The number of carbonyl (C=O) groups excluding carboxylic acids is 1. The van der Waals surface area contributed by atoms with Gasteiger partial charge in [0.1, 0.15) is 0 Å². The van der Waals surface area contributed by atoms with E-state index in [1.54, 1.807) is 0 Å². The van der Waals surface area contributed by atoms with E-state index in [4.69, 9.17) is 0 Å². The van der Waals surface area contributed by atoms with Crippen LogP contribution in [0.3, 0.4) is 0 Å². The van der Waals surface area contributed by atoms with Crippen molar-refractivity contribution in [1.29, 1.82) is 0 Å². The first-order valence-electron chi connectivity index (χ1n) is 7.82. The molecule has 0 spiro atoms. The number of likely N-dealkylation sites (tertiary alicyclic amines) is 1. The van der Waals surface area contributed by atoms with Gasteiger partial charge in [0.15, 0.2) is 0 Å². The minimum absolute atomic E-state index is 0.271. The molecule has 2 fully saturated rings. The summed E-state index contributed by atoms with van der Waals surface area (Å²) in [6.45, 7) is 2.27. The second-order valence-electron chi connectivity index (χ2n) is 6.38. The number of piperidine rings is 1. The van der Waals surface area contributed by atoms with Gasteiger partial charge in [0.25, 0.3) is 0 Å². The van der Waals surface area contributed by atoms with E-state index in [2.05, 4.69) is 22.6 Å². The van der Waals surface area contributed by atoms with Crippen LogP contribution in [0.15, 0.2) is 0 Å². The second kappa shape index (κ2) is 7.25. The van der Waals surface area contributed by atoms with E-state index in [0.29, 0.717) is 18.0 Å². The largest absolute Gasteiger partial charge is 0.353 e. The molecule has 4 heteroatoms. The fourth-order valence-electron chi connectivity index (χ4n) is 3.52. The van der Waals surface area contributed by atoms with Crippen molar-refractivity contribution in [2.45, 2.75) is 57.0 Å². The van der Waals surface area contributed by atoms with Gasteiger partial charge in [-0.3, -0.25) is 4.79 Å². The standard InChI is InChI=1S/C15H29N3O/c1-16-13-5-7-14(8-6-13)17-15(19)10-12-4-3-9-18(2)11-12/h12-14,16H,3-11H2,1-2H3,(H,17,19). The number of rotatable bonds is 4. The molecule has 0 aromatic carbocycles. The number of nitrogens with one attached hydrogen (secondary N) is 2. The Kier molecular flexibility index (Phi) is 5.64. The van der Waals surface area contributed by atoms with E-state index in [9.17, 15) is 4.79 Å². The first kappa shape index (κ1) is 14.8. The molecule has 1 aliphatic heterocycles. The average molecular weight is 267 g/mol. The van der Waals surface area contributed by atoms with Crippen molar-refractivity contribution in [2.24, 2.45) is 5.92 Å². The van der Waals surface area contributed by atoms with Gasteiger partial charge in [0.05, 0.1) is 0 Å². The van der Waals surface area contributed by atoms with Crippen LogP contribution in [0.25, 0.3) is 0 Å². The van der Waals surface area contributed by atoms with Crippen molar-refractivity contribution in [3.8, 4) is 0 Å². The number of hydrogen-bond acceptors (Lipinski definition) is 3. The lowest BCUT2D eigenvalue weighted by Crippen LogP contribution is -2.42. The monoisotopic (exact) mass is 267 g/mol. The van der Waals surface area contributed by atoms with Crippen molar-refractivity contribution in [3.63, 3.8) is 0 Å². The van der Waals surface area contributed by atoms with Gasteiger partial charge in [-0.2, -0.15) is 0 Å². The molecule has 1 atom stereocenters. The summed E-state index contributed by atoms with van der Waals surface area (Å²) in [6, 6.07) is 1.07. The van der Waals surface area contributed by atoms with Crippen LogP contribution in [0.1, 0.15) is 44.9 Å². The third-order valence-corrected chi connectivity index (χ3v) is 4.70. The summed E-state index contributed by atoms with van der Waals surface area (Å²) in [5, 5.41) is 6.57. The van der Waals surface area contributed by atoms with E-state index in [1.807, 2.05) is 7.05 Å². The second-order valence-corrected chi connectivity index (χ2v) is 6.38. The number of nitrogens with zero attached hydrogens (tertiary/aromatic N) is 1. The Morgan fingerprint density at radius 3 is 2.47 bits per heavy atom. The lowest BCUT2D eigenvalue weighted by molar-refractivity contribution is -0.123. The van der Waals surface area contributed by atoms with Crippen LogP contribution in [0, 0.1) is 5.92 Å². The molecule has 4 nitrogen and oxygen atoms in total. The lowest BCUT2D eigenvalue weighted by atomic mass is 9.90. The van der Waals surface area contributed by atoms with E-state index in [0.717, 1.165) is 25.8 Å². The Balaban J connectivity index is 1.67. The van der Waals surface area contributed by atoms with Crippen LogP contribution < -0.4 is 10.6 Å². The summed E-state index contributed by atoms with van der Waals surface area (Å²) in [5.74, 6) is 0.834. The van der Waals surface area contributed by atoms with Crippen molar-refractivity contribution in [1.82, 2.24) is 15.5 Å². The predicted octanol–water partition coefficient (Wildman–Crippen LogP) is 1.37. The van der Waals surface area contributed by atoms with Gasteiger partial charge in [0, 0.05) is 25.0 Å². The summed E-state index contributed by atoms with van der Waals surface area (Å²) < 4.78 is 0. The fraction of sp³-hybridized carbons (Fsp3) is 0.933. The maximum absolute atomic E-state index is 12.1. The zero-order valence-electron chi connectivity index (χ0n) is 12.5. The smallest absolute Gasteiger partial charge is 0.220 e. The van der Waals surface area contributed by atoms with Crippen molar-refractivity contribution in [2.75, 3.05) is 27.2 Å². The minimum atomic E-state index is 0.271. The molecule has 2 aliphatic rings. The molecule has 19 heavy (non-hydrogen) atoms. The predicted molar refractivity (Wildman–Crippen MR) is 78.1 cm³/mol. The molecule has 1 amide bonds. The third kappa shape index (κ3) is 4.77. The summed E-state index contributed by atoms with van der Waals surface area (Å²) in [7, 11) is 4.19. The number of hydrogen-bond donors (Lipinski definition) is 2. The topological polar surface area (TPSA) is 44.4 Å². The molecule has 0 aromatic rings. The molecule has 1 heterocycles. The first-order chi connectivity index (χ1) is 9.17. The number of amides is 1. The maximum atomic E-state index is 12.1. The van der Waals surface area contributed by atoms with Crippen LogP contribution in [-0.4, -0.2) is 50.1 Å². The van der Waals surface area contributed by atoms with Gasteiger partial charge < -0.3 is 15.5 Å². The van der Waals surface area contributed by atoms with Crippen LogP contribution in [0.4, 0.5) is 0 Å². The number of carbonyl (C=O) groups is 1. The normalized spacial score (nSPS) is 33.1. The minimum Gasteiger partial charge on any atom is -0.353 e. The molecule has 1 saturated carbocycles. The van der Waals surface area contributed by atoms with Gasteiger partial charge >= 0.3 is 0 Å². The Bertz CT molecular complexity index is 287. The first-order valence-corrected chi connectivity index (χ1v) is 7.82. The zero-order chi connectivity index (χ0) is 13.7. The van der Waals surface area contributed by atoms with Crippen LogP contribution in [-0.2, 0) is 4.79 Å². The molecule has 1 unspecified atom stereocenters.